The number of likely N-dealkylation sites (tertiary alicyclic amines) is 1. The fourth-order valence-corrected chi connectivity index (χ4v) is 5.54. The van der Waals surface area contributed by atoms with Gasteiger partial charge >= 0.3 is 12.4 Å². The molecule has 0 aromatic heterocycles. The summed E-state index contributed by atoms with van der Waals surface area (Å²) in [6.07, 6.45) is -9.40. The highest BCUT2D eigenvalue weighted by molar-refractivity contribution is 5.87. The maximum atomic E-state index is 14.0. The van der Waals surface area contributed by atoms with Gasteiger partial charge in [0.25, 0.3) is 0 Å². The molecule has 2 aromatic carbocycles. The Labute approximate surface area is 241 Å². The standard InChI is InChI=1S/C30H36F7N3O2/c1-18-13-22(31)7-8-23(18)24-17-40(12-10-26(41)38(4)5)11-9-25(24)39(6)27(42)28(2,3)19-14-20(29(32,33)34)16-21(15-19)30(35,36)37/h7-8,13-16,24-25H,9-12,17H2,1-6H3/t24-,25+/m1/s1. The Morgan fingerprint density at radius 1 is 0.905 bits per heavy atom. The number of carbonyl (C=O) groups excluding carboxylic acids is 2. The van der Waals surface area contributed by atoms with Crippen molar-refractivity contribution in [1.29, 1.82) is 0 Å². The predicted octanol–water partition coefficient (Wildman–Crippen LogP) is 6.24. The highest BCUT2D eigenvalue weighted by atomic mass is 19.4. The molecule has 2 atom stereocenters. The number of likely N-dealkylation sites (N-methyl/N-ethyl adjacent to an activating group) is 1. The molecule has 0 radical (unpaired) electrons. The minimum atomic E-state index is -5.05. The average Bonchev–Trinajstić information content (AvgIpc) is 2.89. The maximum Gasteiger partial charge on any atom is 0.416 e. The maximum absolute atomic E-state index is 14.0. The van der Waals surface area contributed by atoms with Gasteiger partial charge in [-0.1, -0.05) is 6.07 Å². The zero-order valence-corrected chi connectivity index (χ0v) is 24.5. The molecule has 0 bridgehead atoms. The monoisotopic (exact) mass is 603 g/mol. The average molecular weight is 604 g/mol. The van der Waals surface area contributed by atoms with Crippen molar-refractivity contribution in [2.45, 2.75) is 63.3 Å². The molecule has 0 saturated carbocycles. The summed E-state index contributed by atoms with van der Waals surface area (Å²) >= 11 is 0. The van der Waals surface area contributed by atoms with E-state index < -0.39 is 52.2 Å². The van der Waals surface area contributed by atoms with Crippen LogP contribution in [0, 0.1) is 12.7 Å². The second-order valence-electron chi connectivity index (χ2n) is 11.6. The zero-order chi connectivity index (χ0) is 31.8. The van der Waals surface area contributed by atoms with Crippen molar-refractivity contribution in [3.63, 3.8) is 0 Å². The Morgan fingerprint density at radius 2 is 1.45 bits per heavy atom. The molecule has 0 aliphatic carbocycles. The number of amides is 2. The summed E-state index contributed by atoms with van der Waals surface area (Å²) in [7, 11) is 4.80. The molecule has 1 aliphatic rings. The number of carbonyl (C=O) groups is 2. The van der Waals surface area contributed by atoms with Crippen LogP contribution in [0.4, 0.5) is 30.7 Å². The van der Waals surface area contributed by atoms with Gasteiger partial charge in [-0.2, -0.15) is 26.3 Å². The van der Waals surface area contributed by atoms with Gasteiger partial charge in [-0.25, -0.2) is 4.39 Å². The molecule has 1 saturated heterocycles. The van der Waals surface area contributed by atoms with Crippen LogP contribution in [0.3, 0.4) is 0 Å². The summed E-state index contributed by atoms with van der Waals surface area (Å²) in [5, 5.41) is 0. The largest absolute Gasteiger partial charge is 0.416 e. The van der Waals surface area contributed by atoms with E-state index in [0.29, 0.717) is 43.8 Å². The van der Waals surface area contributed by atoms with Crippen molar-refractivity contribution in [2.75, 3.05) is 40.8 Å². The summed E-state index contributed by atoms with van der Waals surface area (Å²) in [5.74, 6) is -1.50. The zero-order valence-electron chi connectivity index (χ0n) is 24.5. The number of alkyl halides is 6. The summed E-state index contributed by atoms with van der Waals surface area (Å²) < 4.78 is 95.3. The summed E-state index contributed by atoms with van der Waals surface area (Å²) in [5.41, 5.74) is -3.72. The van der Waals surface area contributed by atoms with E-state index >= 15 is 0 Å². The molecular formula is C30H36F7N3O2. The number of aryl methyl sites for hydroxylation is 1. The van der Waals surface area contributed by atoms with Gasteiger partial charge in [0.05, 0.1) is 16.5 Å². The first-order chi connectivity index (χ1) is 19.2. The normalized spacial score (nSPS) is 18.6. The Kier molecular flexibility index (Phi) is 9.71. The molecule has 0 N–H and O–H groups in total. The van der Waals surface area contributed by atoms with Crippen molar-refractivity contribution in [2.24, 2.45) is 0 Å². The van der Waals surface area contributed by atoms with Crippen molar-refractivity contribution in [1.82, 2.24) is 14.7 Å². The number of piperidine rings is 1. The molecule has 2 aromatic rings. The number of hydrogen-bond donors (Lipinski definition) is 0. The lowest BCUT2D eigenvalue weighted by Crippen LogP contribution is -2.54. The van der Waals surface area contributed by atoms with Gasteiger partial charge in [0.2, 0.25) is 11.8 Å². The number of benzene rings is 2. The highest BCUT2D eigenvalue weighted by Crippen LogP contribution is 2.40. The molecule has 1 heterocycles. The first-order valence-electron chi connectivity index (χ1n) is 13.5. The molecule has 232 valence electrons. The van der Waals surface area contributed by atoms with E-state index in [0.717, 1.165) is 5.56 Å². The van der Waals surface area contributed by atoms with E-state index in [1.54, 1.807) is 27.1 Å². The van der Waals surface area contributed by atoms with Gasteiger partial charge in [0, 0.05) is 59.2 Å². The second kappa shape index (κ2) is 12.2. The van der Waals surface area contributed by atoms with E-state index in [2.05, 4.69) is 4.90 Å². The third-order valence-corrected chi connectivity index (χ3v) is 8.09. The second-order valence-corrected chi connectivity index (χ2v) is 11.6. The first-order valence-corrected chi connectivity index (χ1v) is 13.5. The Bertz CT molecular complexity index is 1270. The molecule has 0 spiro atoms. The van der Waals surface area contributed by atoms with Crippen LogP contribution in [0.25, 0.3) is 0 Å². The number of hydrogen-bond acceptors (Lipinski definition) is 3. The van der Waals surface area contributed by atoms with Crippen LogP contribution in [0.15, 0.2) is 36.4 Å². The van der Waals surface area contributed by atoms with Crippen LogP contribution in [0.2, 0.25) is 0 Å². The minimum absolute atomic E-state index is 0.0396. The van der Waals surface area contributed by atoms with Gasteiger partial charge in [0.1, 0.15) is 5.82 Å². The van der Waals surface area contributed by atoms with Gasteiger partial charge in [-0.3, -0.25) is 9.59 Å². The number of rotatable bonds is 7. The Morgan fingerprint density at radius 3 is 1.95 bits per heavy atom. The minimum Gasteiger partial charge on any atom is -0.349 e. The van der Waals surface area contributed by atoms with Gasteiger partial charge in [-0.15, -0.1) is 0 Å². The first kappa shape index (κ1) is 33.4. The summed E-state index contributed by atoms with van der Waals surface area (Å²) in [6.45, 7) is 5.72. The Hall–Kier alpha value is -3.15. The summed E-state index contributed by atoms with van der Waals surface area (Å²) in [4.78, 5) is 31.0. The lowest BCUT2D eigenvalue weighted by molar-refractivity contribution is -0.144. The smallest absolute Gasteiger partial charge is 0.349 e. The van der Waals surface area contributed by atoms with Crippen molar-refractivity contribution < 1.29 is 40.3 Å². The predicted molar refractivity (Wildman–Crippen MR) is 144 cm³/mol. The molecule has 2 amide bonds. The van der Waals surface area contributed by atoms with Gasteiger partial charge in [0.15, 0.2) is 0 Å². The van der Waals surface area contributed by atoms with Crippen LogP contribution >= 0.6 is 0 Å². The topological polar surface area (TPSA) is 43.9 Å². The molecule has 42 heavy (non-hydrogen) atoms. The lowest BCUT2D eigenvalue weighted by Gasteiger charge is -2.45. The third kappa shape index (κ3) is 7.43. The van der Waals surface area contributed by atoms with E-state index in [9.17, 15) is 40.3 Å². The lowest BCUT2D eigenvalue weighted by atomic mass is 9.78. The fourth-order valence-electron chi connectivity index (χ4n) is 5.54. The van der Waals surface area contributed by atoms with Crippen molar-refractivity contribution in [3.8, 4) is 0 Å². The van der Waals surface area contributed by atoms with E-state index in [-0.39, 0.29) is 24.3 Å². The van der Waals surface area contributed by atoms with Crippen molar-refractivity contribution in [3.05, 3.63) is 70.0 Å². The molecular weight excluding hydrogens is 567 g/mol. The third-order valence-electron chi connectivity index (χ3n) is 8.09. The van der Waals surface area contributed by atoms with Crippen molar-refractivity contribution >= 4 is 11.8 Å². The highest BCUT2D eigenvalue weighted by Gasteiger charge is 2.43. The molecule has 0 unspecified atom stereocenters. The molecule has 5 nitrogen and oxygen atoms in total. The Balaban J connectivity index is 1.98. The summed E-state index contributed by atoms with van der Waals surface area (Å²) in [6, 6.07) is 5.03. The molecule has 3 rings (SSSR count). The van der Waals surface area contributed by atoms with Crippen LogP contribution < -0.4 is 0 Å². The van der Waals surface area contributed by atoms with Gasteiger partial charge < -0.3 is 14.7 Å². The quantitative estimate of drug-likeness (QED) is 0.352. The van der Waals surface area contributed by atoms with Crippen LogP contribution in [-0.2, 0) is 27.4 Å². The van der Waals surface area contributed by atoms with E-state index in [1.165, 1.54) is 42.8 Å². The van der Waals surface area contributed by atoms with E-state index in [1.807, 2.05) is 0 Å². The number of halogens is 7. The number of nitrogens with zero attached hydrogens (tertiary/aromatic N) is 3. The van der Waals surface area contributed by atoms with Crippen LogP contribution in [0.1, 0.15) is 60.4 Å². The SMILES string of the molecule is Cc1cc(F)ccc1[C@H]1CN(CCC(=O)N(C)C)CC[C@@H]1N(C)C(=O)C(C)(C)c1cc(C(F)(F)F)cc(C(F)(F)F)c1. The molecule has 1 aliphatic heterocycles. The molecule has 12 heteroatoms. The fraction of sp³-hybridized carbons (Fsp3) is 0.533. The van der Waals surface area contributed by atoms with Gasteiger partial charge in [-0.05, 0) is 74.2 Å². The van der Waals surface area contributed by atoms with Crippen LogP contribution in [0.5, 0.6) is 0 Å². The van der Waals surface area contributed by atoms with E-state index in [4.69, 9.17) is 0 Å². The van der Waals surface area contributed by atoms with Crippen LogP contribution in [-0.4, -0.2) is 73.3 Å². The molecule has 1 fully saturated rings.